The molecule has 2 heterocycles. The molecule has 0 aromatic heterocycles. The summed E-state index contributed by atoms with van der Waals surface area (Å²) in [6, 6.07) is 7.05. The van der Waals surface area contributed by atoms with Gasteiger partial charge in [-0.25, -0.2) is 8.42 Å². The van der Waals surface area contributed by atoms with Gasteiger partial charge in [0.2, 0.25) is 10.0 Å². The first kappa shape index (κ1) is 9.33. The summed E-state index contributed by atoms with van der Waals surface area (Å²) in [5.74, 6) is 0. The molecule has 1 atom stereocenters. The number of sulfonamides is 1. The van der Waals surface area contributed by atoms with E-state index in [-0.39, 0.29) is 6.04 Å². The van der Waals surface area contributed by atoms with Gasteiger partial charge in [-0.3, -0.25) is 0 Å². The van der Waals surface area contributed by atoms with E-state index < -0.39 is 10.0 Å². The molecule has 0 amide bonds. The number of hydrogen-bond donors (Lipinski definition) is 0. The Labute approximate surface area is 88.5 Å². The zero-order valence-electron chi connectivity index (χ0n) is 8.09. The molecule has 0 unspecified atom stereocenters. The van der Waals surface area contributed by atoms with Crippen LogP contribution >= 0.6 is 0 Å². The monoisotopic (exact) mass is 225 g/mol. The lowest BCUT2D eigenvalue weighted by Crippen LogP contribution is -2.38. The Morgan fingerprint density at radius 3 is 3.00 bits per heavy atom. The summed E-state index contributed by atoms with van der Waals surface area (Å²) in [5, 5.41) is 0. The van der Waals surface area contributed by atoms with Crippen LogP contribution in [0, 0.1) is 0 Å². The lowest BCUT2D eigenvalue weighted by atomic mass is 10.1. The summed E-state index contributed by atoms with van der Waals surface area (Å²) < 4.78 is 31.0. The molecule has 0 N–H and O–H groups in total. The quantitative estimate of drug-likeness (QED) is 0.655. The molecule has 1 fully saturated rings. The van der Waals surface area contributed by atoms with E-state index in [0.29, 0.717) is 24.7 Å². The van der Waals surface area contributed by atoms with Gasteiger partial charge in [-0.2, -0.15) is 4.31 Å². The van der Waals surface area contributed by atoms with Crippen LogP contribution in [0.3, 0.4) is 0 Å². The van der Waals surface area contributed by atoms with Gasteiger partial charge < -0.3 is 4.74 Å². The van der Waals surface area contributed by atoms with Crippen molar-refractivity contribution in [3.05, 3.63) is 29.8 Å². The predicted octanol–water partition coefficient (Wildman–Crippen LogP) is 0.762. The average Bonchev–Trinajstić information content (AvgIpc) is 2.51. The minimum Gasteiger partial charge on any atom is -0.378 e. The van der Waals surface area contributed by atoms with Crippen molar-refractivity contribution in [3.8, 4) is 0 Å². The fraction of sp³-hybridized carbons (Fsp3) is 0.400. The maximum absolute atomic E-state index is 12.1. The van der Waals surface area contributed by atoms with E-state index in [4.69, 9.17) is 4.74 Å². The molecule has 2 aliphatic rings. The topological polar surface area (TPSA) is 46.6 Å². The molecule has 4 nitrogen and oxygen atoms in total. The Hall–Kier alpha value is -0.910. The summed E-state index contributed by atoms with van der Waals surface area (Å²) in [6.45, 7) is 1.42. The van der Waals surface area contributed by atoms with E-state index in [1.54, 1.807) is 16.4 Å². The van der Waals surface area contributed by atoms with Gasteiger partial charge in [-0.1, -0.05) is 18.2 Å². The van der Waals surface area contributed by atoms with Crippen LogP contribution in [0.25, 0.3) is 0 Å². The first-order valence-electron chi connectivity index (χ1n) is 4.90. The Balaban J connectivity index is 2.22. The molecule has 0 spiro atoms. The van der Waals surface area contributed by atoms with Crippen LogP contribution in [-0.2, 0) is 14.8 Å². The Morgan fingerprint density at radius 2 is 2.13 bits per heavy atom. The van der Waals surface area contributed by atoms with E-state index in [0.717, 1.165) is 5.56 Å². The molecule has 1 aromatic carbocycles. The normalized spacial score (nSPS) is 28.4. The highest BCUT2D eigenvalue weighted by atomic mass is 32.2. The van der Waals surface area contributed by atoms with Gasteiger partial charge in [0.15, 0.2) is 0 Å². The van der Waals surface area contributed by atoms with Gasteiger partial charge in [0, 0.05) is 6.54 Å². The minimum absolute atomic E-state index is 0.111. The van der Waals surface area contributed by atoms with Crippen molar-refractivity contribution in [2.24, 2.45) is 0 Å². The third kappa shape index (κ3) is 1.17. The predicted molar refractivity (Wildman–Crippen MR) is 53.9 cm³/mol. The Kier molecular flexibility index (Phi) is 1.89. The SMILES string of the molecule is O=S1(=O)c2ccccc2[C@@H]2COCCN21. The van der Waals surface area contributed by atoms with Crippen LogP contribution < -0.4 is 0 Å². The number of morpholine rings is 1. The average molecular weight is 225 g/mol. The molecule has 5 heteroatoms. The third-order valence-electron chi connectivity index (χ3n) is 2.94. The first-order chi connectivity index (χ1) is 7.21. The van der Waals surface area contributed by atoms with Crippen LogP contribution in [0.4, 0.5) is 0 Å². The van der Waals surface area contributed by atoms with Crippen molar-refractivity contribution in [1.82, 2.24) is 4.31 Å². The van der Waals surface area contributed by atoms with Gasteiger partial charge >= 0.3 is 0 Å². The van der Waals surface area contributed by atoms with Crippen molar-refractivity contribution in [1.29, 1.82) is 0 Å². The maximum Gasteiger partial charge on any atom is 0.244 e. The summed E-state index contributed by atoms with van der Waals surface area (Å²) in [6.07, 6.45) is 0. The van der Waals surface area contributed by atoms with Crippen molar-refractivity contribution in [2.75, 3.05) is 19.8 Å². The zero-order chi connectivity index (χ0) is 10.5. The van der Waals surface area contributed by atoms with Gasteiger partial charge in [0.05, 0.1) is 24.2 Å². The van der Waals surface area contributed by atoms with E-state index in [1.807, 2.05) is 12.1 Å². The fourth-order valence-electron chi connectivity index (χ4n) is 2.24. The highest BCUT2D eigenvalue weighted by molar-refractivity contribution is 7.89. The fourth-order valence-corrected chi connectivity index (χ4v) is 4.07. The molecule has 15 heavy (non-hydrogen) atoms. The molecular weight excluding hydrogens is 214 g/mol. The van der Waals surface area contributed by atoms with Gasteiger partial charge in [-0.05, 0) is 11.6 Å². The maximum atomic E-state index is 12.1. The number of fused-ring (bicyclic) bond motifs is 3. The minimum atomic E-state index is -3.25. The van der Waals surface area contributed by atoms with Gasteiger partial charge in [0.25, 0.3) is 0 Å². The lowest BCUT2D eigenvalue weighted by Gasteiger charge is -2.27. The largest absolute Gasteiger partial charge is 0.378 e. The summed E-state index contributed by atoms with van der Waals surface area (Å²) >= 11 is 0. The van der Waals surface area contributed by atoms with Crippen LogP contribution in [-0.4, -0.2) is 32.5 Å². The van der Waals surface area contributed by atoms with Crippen molar-refractivity contribution >= 4 is 10.0 Å². The molecular formula is C10H11NO3S. The third-order valence-corrected chi connectivity index (χ3v) is 4.93. The van der Waals surface area contributed by atoms with Crippen molar-refractivity contribution < 1.29 is 13.2 Å². The Morgan fingerprint density at radius 1 is 1.33 bits per heavy atom. The molecule has 2 aliphatic heterocycles. The van der Waals surface area contributed by atoms with Crippen LogP contribution in [0.15, 0.2) is 29.2 Å². The van der Waals surface area contributed by atoms with E-state index >= 15 is 0 Å². The molecule has 0 saturated carbocycles. The number of hydrogen-bond acceptors (Lipinski definition) is 3. The molecule has 0 radical (unpaired) electrons. The number of ether oxygens (including phenoxy) is 1. The number of rotatable bonds is 0. The first-order valence-corrected chi connectivity index (χ1v) is 6.34. The second-order valence-electron chi connectivity index (χ2n) is 3.74. The highest BCUT2D eigenvalue weighted by Crippen LogP contribution is 2.40. The summed E-state index contributed by atoms with van der Waals surface area (Å²) in [7, 11) is -3.25. The molecule has 0 bridgehead atoms. The Bertz CT molecular complexity index is 497. The van der Waals surface area contributed by atoms with Crippen LogP contribution in [0.5, 0.6) is 0 Å². The number of nitrogens with zero attached hydrogens (tertiary/aromatic N) is 1. The molecule has 1 aromatic rings. The molecule has 80 valence electrons. The summed E-state index contributed by atoms with van der Waals surface area (Å²) in [4.78, 5) is 0.445. The lowest BCUT2D eigenvalue weighted by molar-refractivity contribution is 0.0357. The van der Waals surface area contributed by atoms with Crippen LogP contribution in [0.2, 0.25) is 0 Å². The van der Waals surface area contributed by atoms with Gasteiger partial charge in [-0.15, -0.1) is 0 Å². The molecule has 1 saturated heterocycles. The smallest absolute Gasteiger partial charge is 0.244 e. The van der Waals surface area contributed by atoms with Crippen LogP contribution in [0.1, 0.15) is 11.6 Å². The van der Waals surface area contributed by atoms with Crippen molar-refractivity contribution in [2.45, 2.75) is 10.9 Å². The number of benzene rings is 1. The second-order valence-corrected chi connectivity index (χ2v) is 5.60. The highest BCUT2D eigenvalue weighted by Gasteiger charge is 2.43. The summed E-state index contributed by atoms with van der Waals surface area (Å²) in [5.41, 5.74) is 0.872. The van der Waals surface area contributed by atoms with E-state index in [1.165, 1.54) is 0 Å². The molecule has 0 aliphatic carbocycles. The van der Waals surface area contributed by atoms with Crippen molar-refractivity contribution in [3.63, 3.8) is 0 Å². The van der Waals surface area contributed by atoms with E-state index in [9.17, 15) is 8.42 Å². The molecule has 3 rings (SSSR count). The zero-order valence-corrected chi connectivity index (χ0v) is 8.90. The van der Waals surface area contributed by atoms with Gasteiger partial charge in [0.1, 0.15) is 0 Å². The van der Waals surface area contributed by atoms with E-state index in [2.05, 4.69) is 0 Å². The standard InChI is InChI=1S/C10H11NO3S/c12-15(13)10-4-2-1-3-8(10)9-7-14-6-5-11(9)15/h1-4,9H,5-7H2/t9-/m0/s1. The second kappa shape index (κ2) is 3.04.